The predicted molar refractivity (Wildman–Crippen MR) is 107 cm³/mol. The molecule has 0 radical (unpaired) electrons. The van der Waals surface area contributed by atoms with Crippen LogP contribution in [0.25, 0.3) is 0 Å². The zero-order valence-electron chi connectivity index (χ0n) is 17.9. The molecule has 35 heavy (non-hydrogen) atoms. The third-order valence-corrected chi connectivity index (χ3v) is 4.88. The van der Waals surface area contributed by atoms with Crippen molar-refractivity contribution in [3.63, 3.8) is 0 Å². The Labute approximate surface area is 193 Å². The lowest BCUT2D eigenvalue weighted by Gasteiger charge is -2.32. The first kappa shape index (κ1) is 28.1. The van der Waals surface area contributed by atoms with Crippen LogP contribution in [0.3, 0.4) is 0 Å². The second-order valence-corrected chi connectivity index (χ2v) is 7.37. The number of rotatable bonds is 7. The zero-order chi connectivity index (χ0) is 26.7. The van der Waals surface area contributed by atoms with E-state index in [1.807, 2.05) is 5.32 Å². The van der Waals surface area contributed by atoms with Crippen molar-refractivity contribution in [1.29, 1.82) is 0 Å². The number of alkyl halides is 9. The van der Waals surface area contributed by atoms with Gasteiger partial charge in [0, 0.05) is 18.8 Å². The fourth-order valence-electron chi connectivity index (χ4n) is 3.05. The van der Waals surface area contributed by atoms with Crippen LogP contribution in [0, 0.1) is 0 Å². The minimum atomic E-state index is -5.48. The molecule has 0 saturated carbocycles. The van der Waals surface area contributed by atoms with Gasteiger partial charge in [0.2, 0.25) is 5.60 Å². The summed E-state index contributed by atoms with van der Waals surface area (Å²) in [5.74, 6) is 0. The highest BCUT2D eigenvalue weighted by molar-refractivity contribution is 5.73. The van der Waals surface area contributed by atoms with Gasteiger partial charge < -0.3 is 21.1 Å². The Balaban J connectivity index is 2.36. The largest absolute Gasteiger partial charge is 0.423 e. The molecule has 0 aliphatic rings. The molecule has 2 aromatic rings. The fourth-order valence-corrected chi connectivity index (χ4v) is 3.05. The SMILES string of the molecule is CCNC(=O)NCc1ccc(NC[C@@](O)(c2cccc(C(F)(F)F)c2)C(F)(F)F)cc1C(F)(F)F. The van der Waals surface area contributed by atoms with Gasteiger partial charge in [-0.3, -0.25) is 0 Å². The second kappa shape index (κ2) is 10.2. The smallest absolute Gasteiger partial charge is 0.381 e. The van der Waals surface area contributed by atoms with Gasteiger partial charge in [-0.05, 0) is 42.3 Å². The van der Waals surface area contributed by atoms with Crippen LogP contribution in [0.4, 0.5) is 50.0 Å². The average molecular weight is 517 g/mol. The highest BCUT2D eigenvalue weighted by Crippen LogP contribution is 2.41. The standard InChI is InChI=1S/C21H20F9N3O2/c1-2-31-17(34)32-10-12-6-7-15(9-16(12)20(25,26)27)33-11-18(35,21(28,29)30)13-4-3-5-14(8-13)19(22,23)24/h3-9,33,35H,2,10-11H2,1H3,(H2,31,32,34)/t18-/m1/s1. The Morgan fingerprint density at radius 2 is 1.49 bits per heavy atom. The van der Waals surface area contributed by atoms with Gasteiger partial charge in [-0.1, -0.05) is 18.2 Å². The van der Waals surface area contributed by atoms with Gasteiger partial charge in [-0.25, -0.2) is 4.79 Å². The highest BCUT2D eigenvalue weighted by atomic mass is 19.4. The monoisotopic (exact) mass is 517 g/mol. The van der Waals surface area contributed by atoms with E-state index in [1.54, 1.807) is 6.92 Å². The van der Waals surface area contributed by atoms with Gasteiger partial charge in [0.15, 0.2) is 0 Å². The molecule has 0 spiro atoms. The summed E-state index contributed by atoms with van der Waals surface area (Å²) in [6.45, 7) is -0.221. The molecule has 0 heterocycles. The van der Waals surface area contributed by atoms with E-state index in [9.17, 15) is 49.4 Å². The molecule has 0 saturated heterocycles. The number of urea groups is 1. The molecular weight excluding hydrogens is 497 g/mol. The molecule has 5 nitrogen and oxygen atoms in total. The van der Waals surface area contributed by atoms with Crippen molar-refractivity contribution in [2.75, 3.05) is 18.4 Å². The number of hydrogen-bond donors (Lipinski definition) is 4. The van der Waals surface area contributed by atoms with E-state index in [0.717, 1.165) is 12.1 Å². The van der Waals surface area contributed by atoms with Crippen molar-refractivity contribution < 1.29 is 49.4 Å². The van der Waals surface area contributed by atoms with Gasteiger partial charge in [0.1, 0.15) is 0 Å². The van der Waals surface area contributed by atoms with Gasteiger partial charge in [0.05, 0.1) is 17.7 Å². The van der Waals surface area contributed by atoms with Crippen LogP contribution in [-0.2, 0) is 24.5 Å². The van der Waals surface area contributed by atoms with Gasteiger partial charge >= 0.3 is 24.6 Å². The lowest BCUT2D eigenvalue weighted by atomic mass is 9.91. The molecule has 14 heteroatoms. The molecule has 0 unspecified atom stereocenters. The minimum Gasteiger partial charge on any atom is -0.381 e. The highest BCUT2D eigenvalue weighted by Gasteiger charge is 2.55. The maximum absolute atomic E-state index is 13.7. The van der Waals surface area contributed by atoms with Crippen LogP contribution in [0.5, 0.6) is 0 Å². The Kier molecular flexibility index (Phi) is 8.20. The maximum atomic E-state index is 13.7. The second-order valence-electron chi connectivity index (χ2n) is 7.37. The number of nitrogens with one attached hydrogen (secondary N) is 3. The Morgan fingerprint density at radius 1 is 0.857 bits per heavy atom. The topological polar surface area (TPSA) is 73.4 Å². The van der Waals surface area contributed by atoms with Crippen molar-refractivity contribution in [3.8, 4) is 0 Å². The summed E-state index contributed by atoms with van der Waals surface area (Å²) in [5.41, 5.74) is -8.60. The molecule has 0 fully saturated rings. The molecule has 4 N–H and O–H groups in total. The summed E-state index contributed by atoms with van der Waals surface area (Å²) in [5, 5.41) is 16.9. The van der Waals surface area contributed by atoms with Crippen LogP contribution < -0.4 is 16.0 Å². The third kappa shape index (κ3) is 6.93. The van der Waals surface area contributed by atoms with Crippen molar-refractivity contribution in [2.24, 2.45) is 0 Å². The van der Waals surface area contributed by atoms with Gasteiger partial charge in [0.25, 0.3) is 0 Å². The molecule has 2 amide bonds. The van der Waals surface area contributed by atoms with Crippen LogP contribution >= 0.6 is 0 Å². The van der Waals surface area contributed by atoms with E-state index in [2.05, 4.69) is 10.6 Å². The van der Waals surface area contributed by atoms with E-state index in [-0.39, 0.29) is 12.6 Å². The number of anilines is 1. The molecule has 2 aromatic carbocycles. The summed E-state index contributed by atoms with van der Waals surface area (Å²) < 4.78 is 120. The van der Waals surface area contributed by atoms with Gasteiger partial charge in [-0.15, -0.1) is 0 Å². The van der Waals surface area contributed by atoms with E-state index >= 15 is 0 Å². The predicted octanol–water partition coefficient (Wildman–Crippen LogP) is 5.41. The van der Waals surface area contributed by atoms with Crippen LogP contribution in [-0.4, -0.2) is 30.4 Å². The molecule has 2 rings (SSSR count). The minimum absolute atomic E-state index is 0.117. The Morgan fingerprint density at radius 3 is 2.03 bits per heavy atom. The summed E-state index contributed by atoms with van der Waals surface area (Å²) in [4.78, 5) is 11.5. The summed E-state index contributed by atoms with van der Waals surface area (Å²) in [6, 6.07) is 3.55. The first-order valence-corrected chi connectivity index (χ1v) is 9.91. The lowest BCUT2D eigenvalue weighted by Crippen LogP contribution is -2.48. The number of carbonyl (C=O) groups excluding carboxylic acids is 1. The van der Waals surface area contributed by atoms with E-state index in [1.165, 1.54) is 0 Å². The number of carbonyl (C=O) groups is 1. The number of amides is 2. The molecule has 1 atom stereocenters. The number of halogens is 9. The van der Waals surface area contributed by atoms with Crippen molar-refractivity contribution in [2.45, 2.75) is 37.6 Å². The van der Waals surface area contributed by atoms with Crippen LogP contribution in [0.2, 0.25) is 0 Å². The molecule has 0 aliphatic carbocycles. The van der Waals surface area contributed by atoms with E-state index in [0.29, 0.717) is 24.3 Å². The van der Waals surface area contributed by atoms with Crippen molar-refractivity contribution in [1.82, 2.24) is 10.6 Å². The van der Waals surface area contributed by atoms with Crippen LogP contribution in [0.1, 0.15) is 29.2 Å². The lowest BCUT2D eigenvalue weighted by molar-refractivity contribution is -0.260. The third-order valence-electron chi connectivity index (χ3n) is 4.88. The quantitative estimate of drug-likeness (QED) is 0.372. The first-order valence-electron chi connectivity index (χ1n) is 9.91. The summed E-state index contributed by atoms with van der Waals surface area (Å²) in [7, 11) is 0. The molecule has 194 valence electrons. The normalized spacial score (nSPS) is 14.3. The van der Waals surface area contributed by atoms with Crippen molar-refractivity contribution in [3.05, 3.63) is 64.7 Å². The molecular formula is C21H20F9N3O2. The van der Waals surface area contributed by atoms with Gasteiger partial charge in [-0.2, -0.15) is 39.5 Å². The Hall–Kier alpha value is -3.16. The number of aliphatic hydroxyl groups is 1. The van der Waals surface area contributed by atoms with Crippen LogP contribution in [0.15, 0.2) is 42.5 Å². The Bertz CT molecular complexity index is 1040. The zero-order valence-corrected chi connectivity index (χ0v) is 17.9. The average Bonchev–Trinajstić information content (AvgIpc) is 2.74. The number of hydrogen-bond acceptors (Lipinski definition) is 3. The first-order chi connectivity index (χ1) is 16.0. The summed E-state index contributed by atoms with van der Waals surface area (Å²) >= 11 is 0. The van der Waals surface area contributed by atoms with Crippen molar-refractivity contribution >= 4 is 11.7 Å². The maximum Gasteiger partial charge on any atom is 0.423 e. The van der Waals surface area contributed by atoms with E-state index in [4.69, 9.17) is 0 Å². The summed E-state index contributed by atoms with van der Waals surface area (Å²) in [6.07, 6.45) is -15.4. The molecule has 0 aliphatic heterocycles. The fraction of sp³-hybridized carbons (Fsp3) is 0.381. The molecule has 0 aromatic heterocycles. The number of benzene rings is 2. The van der Waals surface area contributed by atoms with E-state index < -0.39 is 71.2 Å². The molecule has 0 bridgehead atoms.